The van der Waals surface area contributed by atoms with E-state index in [-0.39, 0.29) is 5.91 Å². The van der Waals surface area contributed by atoms with E-state index in [0.717, 1.165) is 24.0 Å². The summed E-state index contributed by atoms with van der Waals surface area (Å²) in [6.45, 7) is 3.11. The number of carbonyl (C=O) groups is 1. The van der Waals surface area contributed by atoms with Gasteiger partial charge in [-0.1, -0.05) is 0 Å². The Morgan fingerprint density at radius 1 is 1.35 bits per heavy atom. The first-order valence-electron chi connectivity index (χ1n) is 7.33. The molecular formula is C16H19N3O. The Labute approximate surface area is 118 Å². The number of fused-ring (bicyclic) bond motifs is 3. The summed E-state index contributed by atoms with van der Waals surface area (Å²) in [5.74, 6) is 0.673. The molecule has 20 heavy (non-hydrogen) atoms. The molecule has 4 nitrogen and oxygen atoms in total. The molecule has 3 heterocycles. The topological polar surface area (TPSA) is 45.5 Å². The Hall–Kier alpha value is -1.81. The molecule has 104 valence electrons. The molecule has 1 aliphatic heterocycles. The maximum Gasteiger partial charge on any atom is 0.251 e. The smallest absolute Gasteiger partial charge is 0.251 e. The molecule has 3 atom stereocenters. The van der Waals surface area contributed by atoms with Crippen molar-refractivity contribution in [2.45, 2.75) is 31.8 Å². The fourth-order valence-electron chi connectivity index (χ4n) is 3.66. The molecule has 0 aromatic carbocycles. The minimum absolute atomic E-state index is 0.0592. The monoisotopic (exact) mass is 269 g/mol. The van der Waals surface area contributed by atoms with E-state index in [4.69, 9.17) is 0 Å². The molecule has 1 amide bonds. The molecule has 0 spiro atoms. The van der Waals surface area contributed by atoms with Crippen LogP contribution in [0.2, 0.25) is 0 Å². The predicted octanol–water partition coefficient (Wildman–Crippen LogP) is 1.73. The number of nitrogens with one attached hydrogen (secondary N) is 2. The number of hydrogen-bond donors (Lipinski definition) is 2. The van der Waals surface area contributed by atoms with Gasteiger partial charge < -0.3 is 15.0 Å². The standard InChI is InChI=1S/C16H19N3O/c1-10-2-3-14-7-11(4-5-19(10)14)16(20)18-15-8-13-6-12(15)9-17-13/h2-5,7,12-13,15,17H,6,8-9H2,1H3,(H,18,20). The van der Waals surface area contributed by atoms with Crippen molar-refractivity contribution >= 4 is 11.4 Å². The molecule has 4 rings (SSSR count). The zero-order valence-electron chi connectivity index (χ0n) is 11.6. The van der Waals surface area contributed by atoms with Crippen LogP contribution in [0.1, 0.15) is 28.9 Å². The number of piperidine rings is 1. The lowest BCUT2D eigenvalue weighted by molar-refractivity contribution is 0.0925. The van der Waals surface area contributed by atoms with Crippen LogP contribution in [0.15, 0.2) is 30.5 Å². The Morgan fingerprint density at radius 3 is 3.00 bits per heavy atom. The van der Waals surface area contributed by atoms with Gasteiger partial charge in [0.25, 0.3) is 5.91 Å². The van der Waals surface area contributed by atoms with E-state index in [2.05, 4.69) is 28.0 Å². The molecule has 1 saturated heterocycles. The third-order valence-corrected chi connectivity index (χ3v) is 4.80. The average Bonchev–Trinajstić information content (AvgIpc) is 3.14. The Morgan fingerprint density at radius 2 is 2.25 bits per heavy atom. The number of hydrogen-bond acceptors (Lipinski definition) is 2. The second-order valence-corrected chi connectivity index (χ2v) is 6.10. The predicted molar refractivity (Wildman–Crippen MR) is 77.9 cm³/mol. The number of nitrogens with zero attached hydrogens (tertiary/aromatic N) is 1. The fourth-order valence-corrected chi connectivity index (χ4v) is 3.66. The zero-order chi connectivity index (χ0) is 13.7. The highest BCUT2D eigenvalue weighted by molar-refractivity contribution is 5.95. The number of aryl methyl sites for hydroxylation is 1. The number of amides is 1. The fraction of sp³-hybridized carbons (Fsp3) is 0.438. The van der Waals surface area contributed by atoms with Crippen molar-refractivity contribution in [2.75, 3.05) is 6.54 Å². The summed E-state index contributed by atoms with van der Waals surface area (Å²) < 4.78 is 2.10. The maximum atomic E-state index is 12.4. The Bertz CT molecular complexity index is 675. The summed E-state index contributed by atoms with van der Waals surface area (Å²) >= 11 is 0. The van der Waals surface area contributed by atoms with Crippen molar-refractivity contribution in [1.82, 2.24) is 15.0 Å². The zero-order valence-corrected chi connectivity index (χ0v) is 11.6. The molecule has 2 fully saturated rings. The van der Waals surface area contributed by atoms with Crippen molar-refractivity contribution in [3.63, 3.8) is 0 Å². The van der Waals surface area contributed by atoms with E-state index in [1.807, 2.05) is 24.4 Å². The first-order valence-corrected chi connectivity index (χ1v) is 7.33. The van der Waals surface area contributed by atoms with Gasteiger partial charge in [0, 0.05) is 41.6 Å². The van der Waals surface area contributed by atoms with Crippen LogP contribution in [0.4, 0.5) is 0 Å². The molecule has 1 aliphatic carbocycles. The second kappa shape index (κ2) is 4.35. The highest BCUT2D eigenvalue weighted by Crippen LogP contribution is 2.31. The Balaban J connectivity index is 1.54. The van der Waals surface area contributed by atoms with Crippen molar-refractivity contribution in [3.05, 3.63) is 41.7 Å². The highest BCUT2D eigenvalue weighted by Gasteiger charge is 2.40. The van der Waals surface area contributed by atoms with Gasteiger partial charge >= 0.3 is 0 Å². The molecule has 2 aromatic rings. The third-order valence-electron chi connectivity index (χ3n) is 4.80. The molecule has 2 aromatic heterocycles. The van der Waals surface area contributed by atoms with E-state index in [1.54, 1.807) is 0 Å². The maximum absolute atomic E-state index is 12.4. The van der Waals surface area contributed by atoms with Crippen LogP contribution in [0.5, 0.6) is 0 Å². The van der Waals surface area contributed by atoms with E-state index >= 15 is 0 Å². The van der Waals surface area contributed by atoms with Crippen molar-refractivity contribution in [1.29, 1.82) is 0 Å². The van der Waals surface area contributed by atoms with Gasteiger partial charge in [-0.2, -0.15) is 0 Å². The molecule has 0 radical (unpaired) electrons. The van der Waals surface area contributed by atoms with Crippen LogP contribution < -0.4 is 10.6 Å². The van der Waals surface area contributed by atoms with E-state index in [0.29, 0.717) is 18.0 Å². The quantitative estimate of drug-likeness (QED) is 0.872. The van der Waals surface area contributed by atoms with Crippen LogP contribution in [0.3, 0.4) is 0 Å². The summed E-state index contributed by atoms with van der Waals surface area (Å²) in [6, 6.07) is 8.94. The molecule has 2 N–H and O–H groups in total. The van der Waals surface area contributed by atoms with Gasteiger partial charge in [0.05, 0.1) is 0 Å². The van der Waals surface area contributed by atoms with Crippen LogP contribution in [-0.4, -0.2) is 28.9 Å². The summed E-state index contributed by atoms with van der Waals surface area (Å²) in [4.78, 5) is 12.4. The van der Waals surface area contributed by atoms with Gasteiger partial charge in [-0.15, -0.1) is 0 Å². The van der Waals surface area contributed by atoms with Gasteiger partial charge in [0.15, 0.2) is 0 Å². The number of carbonyl (C=O) groups excluding carboxylic acids is 1. The molecule has 2 aliphatic rings. The lowest BCUT2D eigenvalue weighted by Crippen LogP contribution is -2.44. The normalized spacial score (nSPS) is 28.1. The van der Waals surface area contributed by atoms with Crippen LogP contribution in [-0.2, 0) is 0 Å². The summed E-state index contributed by atoms with van der Waals surface area (Å²) in [6.07, 6.45) is 4.26. The van der Waals surface area contributed by atoms with Crippen LogP contribution in [0, 0.1) is 12.8 Å². The minimum atomic E-state index is 0.0592. The van der Waals surface area contributed by atoms with Gasteiger partial charge in [0.2, 0.25) is 0 Å². The number of pyridine rings is 1. The van der Waals surface area contributed by atoms with Gasteiger partial charge in [-0.3, -0.25) is 4.79 Å². The number of aromatic nitrogens is 1. The third kappa shape index (κ3) is 1.83. The SMILES string of the molecule is Cc1ccc2cc(C(=O)NC3CC4CC3CN4)ccn12. The molecule has 3 unspecified atom stereocenters. The van der Waals surface area contributed by atoms with Crippen molar-refractivity contribution < 1.29 is 4.79 Å². The highest BCUT2D eigenvalue weighted by atomic mass is 16.1. The summed E-state index contributed by atoms with van der Waals surface area (Å²) in [7, 11) is 0. The van der Waals surface area contributed by atoms with Gasteiger partial charge in [-0.05, 0) is 49.9 Å². The van der Waals surface area contributed by atoms with Gasteiger partial charge in [-0.25, -0.2) is 0 Å². The average molecular weight is 269 g/mol. The Kier molecular flexibility index (Phi) is 2.60. The first kappa shape index (κ1) is 12.0. The molecule has 1 saturated carbocycles. The minimum Gasteiger partial charge on any atom is -0.349 e. The van der Waals surface area contributed by atoms with Crippen LogP contribution in [0.25, 0.3) is 5.52 Å². The van der Waals surface area contributed by atoms with E-state index in [1.165, 1.54) is 12.1 Å². The lowest BCUT2D eigenvalue weighted by atomic mass is 10.0. The second-order valence-electron chi connectivity index (χ2n) is 6.10. The largest absolute Gasteiger partial charge is 0.349 e. The first-order chi connectivity index (χ1) is 9.70. The summed E-state index contributed by atoms with van der Waals surface area (Å²) in [5, 5.41) is 6.68. The molecule has 2 bridgehead atoms. The van der Waals surface area contributed by atoms with Crippen molar-refractivity contribution in [2.24, 2.45) is 5.92 Å². The summed E-state index contributed by atoms with van der Waals surface area (Å²) in [5.41, 5.74) is 3.02. The van der Waals surface area contributed by atoms with E-state index in [9.17, 15) is 4.79 Å². The lowest BCUT2D eigenvalue weighted by Gasteiger charge is -2.23. The van der Waals surface area contributed by atoms with Gasteiger partial charge in [0.1, 0.15) is 0 Å². The molecular weight excluding hydrogens is 250 g/mol. The van der Waals surface area contributed by atoms with Crippen LogP contribution >= 0.6 is 0 Å². The molecule has 4 heteroatoms. The van der Waals surface area contributed by atoms with E-state index < -0.39 is 0 Å². The van der Waals surface area contributed by atoms with Crippen molar-refractivity contribution in [3.8, 4) is 0 Å². The number of rotatable bonds is 2.